The van der Waals surface area contributed by atoms with Crippen LogP contribution >= 0.6 is 11.3 Å². The summed E-state index contributed by atoms with van der Waals surface area (Å²) in [6, 6.07) is 19.1. The number of thiophene rings is 1. The van der Waals surface area contributed by atoms with Crippen LogP contribution in [0.2, 0.25) is 0 Å². The summed E-state index contributed by atoms with van der Waals surface area (Å²) >= 11 is 1.67. The zero-order valence-electron chi connectivity index (χ0n) is 15.6. The zero-order chi connectivity index (χ0) is 18.7. The third-order valence-corrected chi connectivity index (χ3v) is 7.81. The number of ether oxygens (including phenoxy) is 1. The van der Waals surface area contributed by atoms with Crippen LogP contribution in [0.5, 0.6) is 0 Å². The van der Waals surface area contributed by atoms with Gasteiger partial charge in [-0.15, -0.1) is 11.3 Å². The standard InChI is InChI=1S/C23H22N2O2S/c26-22-25(15-23(27-22)14-24-11-9-19(23)10-12-24)21-8-7-20(28-21)18-6-5-16-3-1-2-4-17(16)13-18/h1-8,13,19H,9-12,14-15H2/t23-/m0/s1. The predicted molar refractivity (Wildman–Crippen MR) is 113 cm³/mol. The minimum Gasteiger partial charge on any atom is -0.439 e. The second-order valence-corrected chi connectivity index (χ2v) is 9.33. The quantitative estimate of drug-likeness (QED) is 0.618. The molecule has 2 bridgehead atoms. The molecule has 4 aliphatic heterocycles. The number of benzene rings is 2. The number of fused-ring (bicyclic) bond motifs is 3. The third-order valence-electron chi connectivity index (χ3n) is 6.65. The Morgan fingerprint density at radius 3 is 2.57 bits per heavy atom. The molecule has 1 aromatic heterocycles. The molecule has 142 valence electrons. The molecule has 1 atom stereocenters. The number of nitrogens with zero attached hydrogens (tertiary/aromatic N) is 2. The molecular weight excluding hydrogens is 368 g/mol. The summed E-state index contributed by atoms with van der Waals surface area (Å²) in [6.45, 7) is 3.87. The van der Waals surface area contributed by atoms with E-state index >= 15 is 0 Å². The summed E-state index contributed by atoms with van der Waals surface area (Å²) in [5.41, 5.74) is 0.890. The first-order valence-electron chi connectivity index (χ1n) is 10.0. The Morgan fingerprint density at radius 2 is 1.79 bits per heavy atom. The van der Waals surface area contributed by atoms with Gasteiger partial charge in [0.05, 0.1) is 6.54 Å². The summed E-state index contributed by atoms with van der Waals surface area (Å²) < 4.78 is 6.02. The van der Waals surface area contributed by atoms with E-state index in [9.17, 15) is 4.79 Å². The number of anilines is 1. The molecule has 28 heavy (non-hydrogen) atoms. The SMILES string of the molecule is O=C1O[C@@]2(CN3CCC2CC3)CN1c1ccc(-c2ccc3ccccc3c2)s1. The van der Waals surface area contributed by atoms with Crippen LogP contribution in [0.25, 0.3) is 21.2 Å². The van der Waals surface area contributed by atoms with Crippen LogP contribution in [-0.4, -0.2) is 42.8 Å². The van der Waals surface area contributed by atoms with Crippen LogP contribution in [0, 0.1) is 5.92 Å². The lowest BCUT2D eigenvalue weighted by Gasteiger charge is -2.49. The van der Waals surface area contributed by atoms with Gasteiger partial charge in [0.2, 0.25) is 0 Å². The van der Waals surface area contributed by atoms with Gasteiger partial charge in [0.25, 0.3) is 0 Å². The van der Waals surface area contributed by atoms with E-state index < -0.39 is 0 Å². The second kappa shape index (κ2) is 6.06. The van der Waals surface area contributed by atoms with Crippen LogP contribution < -0.4 is 4.90 Å². The van der Waals surface area contributed by atoms with E-state index in [-0.39, 0.29) is 11.7 Å². The molecular formula is C23H22N2O2S. The van der Waals surface area contributed by atoms with Crippen molar-refractivity contribution >= 4 is 33.2 Å². The Balaban J connectivity index is 1.30. The normalized spacial score (nSPS) is 29.0. The molecule has 0 N–H and O–H groups in total. The number of piperidine rings is 3. The van der Waals surface area contributed by atoms with Crippen molar-refractivity contribution in [3.63, 3.8) is 0 Å². The zero-order valence-corrected chi connectivity index (χ0v) is 16.5. The van der Waals surface area contributed by atoms with E-state index in [0.29, 0.717) is 12.5 Å². The molecule has 1 amide bonds. The Hall–Kier alpha value is -2.37. The van der Waals surface area contributed by atoms with Gasteiger partial charge in [0.15, 0.2) is 0 Å². The summed E-state index contributed by atoms with van der Waals surface area (Å²) in [4.78, 5) is 18.2. The number of carbonyl (C=O) groups is 1. The van der Waals surface area contributed by atoms with Crippen LogP contribution in [0.1, 0.15) is 12.8 Å². The first-order chi connectivity index (χ1) is 13.7. The molecule has 0 saturated carbocycles. The molecule has 5 heterocycles. The number of rotatable bonds is 2. The van der Waals surface area contributed by atoms with Crippen LogP contribution in [0.15, 0.2) is 54.6 Å². The first-order valence-corrected chi connectivity index (χ1v) is 10.8. The van der Waals surface area contributed by atoms with Gasteiger partial charge in [-0.25, -0.2) is 4.79 Å². The first kappa shape index (κ1) is 16.6. The molecule has 0 aliphatic carbocycles. The maximum Gasteiger partial charge on any atom is 0.415 e. The second-order valence-electron chi connectivity index (χ2n) is 8.27. The molecule has 1 spiro atoms. The van der Waals surface area contributed by atoms with Gasteiger partial charge in [-0.1, -0.05) is 36.4 Å². The van der Waals surface area contributed by atoms with E-state index in [0.717, 1.165) is 37.5 Å². The maximum atomic E-state index is 12.7. The Labute approximate surface area is 168 Å². The fourth-order valence-corrected chi connectivity index (χ4v) is 6.14. The Morgan fingerprint density at radius 1 is 0.964 bits per heavy atom. The van der Waals surface area contributed by atoms with Crippen molar-refractivity contribution in [1.29, 1.82) is 0 Å². The molecule has 2 aromatic carbocycles. The fourth-order valence-electron chi connectivity index (χ4n) is 5.15. The van der Waals surface area contributed by atoms with Crippen molar-refractivity contribution in [2.45, 2.75) is 18.4 Å². The largest absolute Gasteiger partial charge is 0.439 e. The summed E-state index contributed by atoms with van der Waals surface area (Å²) in [6.07, 6.45) is 2.11. The van der Waals surface area contributed by atoms with Crippen molar-refractivity contribution in [3.8, 4) is 10.4 Å². The Bertz CT molecular complexity index is 1070. The van der Waals surface area contributed by atoms with Crippen LogP contribution in [-0.2, 0) is 4.74 Å². The lowest BCUT2D eigenvalue weighted by molar-refractivity contribution is -0.0881. The predicted octanol–water partition coefficient (Wildman–Crippen LogP) is 4.99. The highest BCUT2D eigenvalue weighted by Gasteiger charge is 2.55. The van der Waals surface area contributed by atoms with Gasteiger partial charge in [0.1, 0.15) is 10.6 Å². The number of amides is 1. The molecule has 4 aliphatic rings. The summed E-state index contributed by atoms with van der Waals surface area (Å²) in [7, 11) is 0. The lowest BCUT2D eigenvalue weighted by atomic mass is 9.75. The van der Waals surface area contributed by atoms with Gasteiger partial charge >= 0.3 is 6.09 Å². The van der Waals surface area contributed by atoms with E-state index in [2.05, 4.69) is 59.5 Å². The van der Waals surface area contributed by atoms with Gasteiger partial charge in [-0.3, -0.25) is 9.80 Å². The van der Waals surface area contributed by atoms with E-state index in [1.165, 1.54) is 21.2 Å². The average molecular weight is 391 g/mol. The lowest BCUT2D eigenvalue weighted by Crippen LogP contribution is -2.61. The highest BCUT2D eigenvalue weighted by atomic mass is 32.1. The van der Waals surface area contributed by atoms with E-state index in [1.54, 1.807) is 11.3 Å². The summed E-state index contributed by atoms with van der Waals surface area (Å²) in [5, 5.41) is 3.47. The topological polar surface area (TPSA) is 32.8 Å². The summed E-state index contributed by atoms with van der Waals surface area (Å²) in [5.74, 6) is 0.506. The van der Waals surface area contributed by atoms with Crippen LogP contribution in [0.3, 0.4) is 0 Å². The van der Waals surface area contributed by atoms with Crippen molar-refractivity contribution in [2.24, 2.45) is 5.92 Å². The van der Waals surface area contributed by atoms with E-state index in [4.69, 9.17) is 4.74 Å². The maximum absolute atomic E-state index is 12.7. The number of hydrogen-bond donors (Lipinski definition) is 0. The minimum atomic E-state index is -0.305. The highest BCUT2D eigenvalue weighted by molar-refractivity contribution is 7.19. The molecule has 0 radical (unpaired) electrons. The fraction of sp³-hybridized carbons (Fsp3) is 0.348. The van der Waals surface area contributed by atoms with Gasteiger partial charge in [-0.2, -0.15) is 0 Å². The van der Waals surface area contributed by atoms with Gasteiger partial charge in [-0.05, 0) is 60.5 Å². The Kier molecular flexibility index (Phi) is 3.59. The molecule has 4 saturated heterocycles. The number of hydrogen-bond acceptors (Lipinski definition) is 4. The molecule has 4 fully saturated rings. The highest BCUT2D eigenvalue weighted by Crippen LogP contribution is 2.45. The average Bonchev–Trinajstić information content (AvgIpc) is 3.33. The van der Waals surface area contributed by atoms with Crippen molar-refractivity contribution in [1.82, 2.24) is 4.90 Å². The molecule has 5 heteroatoms. The smallest absolute Gasteiger partial charge is 0.415 e. The third kappa shape index (κ3) is 2.50. The van der Waals surface area contributed by atoms with Crippen molar-refractivity contribution in [2.75, 3.05) is 31.1 Å². The molecule has 7 rings (SSSR count). The molecule has 0 unspecified atom stereocenters. The van der Waals surface area contributed by atoms with Crippen molar-refractivity contribution in [3.05, 3.63) is 54.6 Å². The number of carbonyl (C=O) groups excluding carboxylic acids is 1. The monoisotopic (exact) mass is 390 g/mol. The minimum absolute atomic E-state index is 0.180. The molecule has 4 nitrogen and oxygen atoms in total. The van der Waals surface area contributed by atoms with Crippen LogP contribution in [0.4, 0.5) is 9.80 Å². The van der Waals surface area contributed by atoms with Crippen molar-refractivity contribution < 1.29 is 9.53 Å². The van der Waals surface area contributed by atoms with Gasteiger partial charge in [0, 0.05) is 17.3 Å². The van der Waals surface area contributed by atoms with Gasteiger partial charge < -0.3 is 4.74 Å². The van der Waals surface area contributed by atoms with E-state index in [1.807, 2.05) is 4.90 Å². The molecule has 3 aromatic rings.